The molecular formula is C21H21FN6O. The van der Waals surface area contributed by atoms with Crippen molar-refractivity contribution >= 4 is 33.3 Å². The van der Waals surface area contributed by atoms with E-state index in [4.69, 9.17) is 5.73 Å². The molecule has 0 saturated carbocycles. The van der Waals surface area contributed by atoms with Crippen LogP contribution < -0.4 is 21.5 Å². The van der Waals surface area contributed by atoms with Crippen LogP contribution in [0.15, 0.2) is 41.2 Å². The highest BCUT2D eigenvalue weighted by Crippen LogP contribution is 2.31. The third-order valence-electron chi connectivity index (χ3n) is 5.56. The lowest BCUT2D eigenvalue weighted by Crippen LogP contribution is -2.49. The summed E-state index contributed by atoms with van der Waals surface area (Å²) in [5.74, 6) is -0.155. The van der Waals surface area contributed by atoms with Gasteiger partial charge < -0.3 is 25.9 Å². The third kappa shape index (κ3) is 2.84. The van der Waals surface area contributed by atoms with Crippen molar-refractivity contribution in [1.82, 2.24) is 20.3 Å². The van der Waals surface area contributed by atoms with Gasteiger partial charge in [0.05, 0.1) is 27.6 Å². The summed E-state index contributed by atoms with van der Waals surface area (Å²) in [6.45, 7) is 4.97. The smallest absolute Gasteiger partial charge is 0.261 e. The van der Waals surface area contributed by atoms with E-state index in [-0.39, 0.29) is 16.6 Å². The molecule has 2 aromatic heterocycles. The number of nitrogens with zero attached hydrogens (tertiary/aromatic N) is 2. The van der Waals surface area contributed by atoms with Crippen LogP contribution in [0.2, 0.25) is 0 Å². The van der Waals surface area contributed by atoms with Crippen molar-refractivity contribution in [3.63, 3.8) is 0 Å². The minimum atomic E-state index is -0.483. The fourth-order valence-electron chi connectivity index (χ4n) is 4.09. The van der Waals surface area contributed by atoms with Crippen LogP contribution >= 0.6 is 0 Å². The second-order valence-corrected chi connectivity index (χ2v) is 7.44. The average molecular weight is 392 g/mol. The van der Waals surface area contributed by atoms with E-state index in [1.807, 2.05) is 18.2 Å². The minimum absolute atomic E-state index is 0.0804. The fraction of sp³-hybridized carbons (Fsp3) is 0.238. The van der Waals surface area contributed by atoms with Crippen LogP contribution in [0.25, 0.3) is 33.3 Å². The number of fused-ring (bicyclic) bond motifs is 2. The largest absolute Gasteiger partial charge is 0.397 e. The van der Waals surface area contributed by atoms with Crippen LogP contribution in [0.4, 0.5) is 15.8 Å². The second kappa shape index (κ2) is 6.59. The summed E-state index contributed by atoms with van der Waals surface area (Å²) in [5, 5.41) is 3.58. The van der Waals surface area contributed by atoms with E-state index < -0.39 is 11.4 Å². The van der Waals surface area contributed by atoms with E-state index in [1.165, 1.54) is 12.1 Å². The Hall–Kier alpha value is -3.39. The van der Waals surface area contributed by atoms with Gasteiger partial charge in [0.25, 0.3) is 5.56 Å². The number of aromatic amines is 2. The fourth-order valence-corrected chi connectivity index (χ4v) is 4.09. The first-order chi connectivity index (χ1) is 14.0. The molecule has 5 rings (SSSR count). The predicted molar refractivity (Wildman–Crippen MR) is 114 cm³/mol. The van der Waals surface area contributed by atoms with Crippen molar-refractivity contribution in [2.45, 2.75) is 13.0 Å². The molecule has 29 heavy (non-hydrogen) atoms. The number of hydrogen-bond acceptors (Lipinski definition) is 5. The number of aromatic nitrogens is 3. The van der Waals surface area contributed by atoms with Gasteiger partial charge in [-0.15, -0.1) is 0 Å². The number of nitrogen functional groups attached to an aromatic ring is 1. The van der Waals surface area contributed by atoms with Crippen molar-refractivity contribution in [2.24, 2.45) is 0 Å². The normalized spacial score (nSPS) is 17.3. The van der Waals surface area contributed by atoms with Gasteiger partial charge in [-0.25, -0.2) is 9.37 Å². The molecule has 0 aliphatic carbocycles. The van der Waals surface area contributed by atoms with Gasteiger partial charge in [0.2, 0.25) is 0 Å². The number of hydrogen-bond donors (Lipinski definition) is 4. The predicted octanol–water partition coefficient (Wildman–Crippen LogP) is 2.59. The number of pyridine rings is 1. The van der Waals surface area contributed by atoms with E-state index in [2.05, 4.69) is 32.1 Å². The lowest BCUT2D eigenvalue weighted by Gasteiger charge is -2.35. The number of nitrogens with one attached hydrogen (secondary N) is 3. The zero-order chi connectivity index (χ0) is 20.1. The standard InChI is InChI=1S/C21H21FN6O/c1-11-10-24-7-8-28(11)12-5-6-14-16(9-12)26-20(25-14)18-19(23)17-13(22)3-2-4-15(17)27-21(18)29/h2-6,9,11,24H,7-8,10H2,1H3,(H,25,26)(H3,23,27,29). The number of anilines is 2. The summed E-state index contributed by atoms with van der Waals surface area (Å²) in [5.41, 5.74) is 9.00. The maximum Gasteiger partial charge on any atom is 0.261 e. The number of rotatable bonds is 2. The molecule has 2 aromatic carbocycles. The van der Waals surface area contributed by atoms with Crippen LogP contribution in [0, 0.1) is 5.82 Å². The Morgan fingerprint density at radius 1 is 1.21 bits per heavy atom. The highest BCUT2D eigenvalue weighted by Gasteiger charge is 2.21. The number of imidazole rings is 1. The molecule has 7 nitrogen and oxygen atoms in total. The molecule has 1 aliphatic rings. The molecule has 4 aromatic rings. The van der Waals surface area contributed by atoms with E-state index in [0.717, 1.165) is 36.4 Å². The van der Waals surface area contributed by atoms with Crippen LogP contribution in [-0.4, -0.2) is 40.6 Å². The van der Waals surface area contributed by atoms with Crippen molar-refractivity contribution in [3.05, 3.63) is 52.6 Å². The molecule has 5 N–H and O–H groups in total. The number of H-pyrrole nitrogens is 2. The van der Waals surface area contributed by atoms with Crippen molar-refractivity contribution in [3.8, 4) is 11.4 Å². The molecule has 0 amide bonds. The Morgan fingerprint density at radius 2 is 2.07 bits per heavy atom. The minimum Gasteiger partial charge on any atom is -0.397 e. The molecule has 3 heterocycles. The topological polar surface area (TPSA) is 103 Å². The number of benzene rings is 2. The van der Waals surface area contributed by atoms with Crippen molar-refractivity contribution < 1.29 is 4.39 Å². The first kappa shape index (κ1) is 17.7. The summed E-state index contributed by atoms with van der Waals surface area (Å²) in [7, 11) is 0. The third-order valence-corrected chi connectivity index (χ3v) is 5.56. The molecule has 1 aliphatic heterocycles. The Kier molecular flexibility index (Phi) is 4.02. The first-order valence-corrected chi connectivity index (χ1v) is 9.60. The Bertz CT molecular complexity index is 1290. The molecule has 8 heteroatoms. The molecule has 148 valence electrons. The maximum atomic E-state index is 14.3. The zero-order valence-electron chi connectivity index (χ0n) is 15.9. The maximum absolute atomic E-state index is 14.3. The summed E-state index contributed by atoms with van der Waals surface area (Å²) in [6, 6.07) is 10.8. The van der Waals surface area contributed by atoms with Gasteiger partial charge in [0, 0.05) is 31.4 Å². The Morgan fingerprint density at radius 3 is 2.90 bits per heavy atom. The number of halogens is 1. The van der Waals surface area contributed by atoms with Gasteiger partial charge >= 0.3 is 0 Å². The Balaban J connectivity index is 1.64. The second-order valence-electron chi connectivity index (χ2n) is 7.44. The van der Waals surface area contributed by atoms with Gasteiger partial charge in [-0.1, -0.05) is 6.07 Å². The molecule has 0 bridgehead atoms. The highest BCUT2D eigenvalue weighted by molar-refractivity contribution is 5.98. The summed E-state index contributed by atoms with van der Waals surface area (Å²) in [6.07, 6.45) is 0. The van der Waals surface area contributed by atoms with Crippen LogP contribution in [0.1, 0.15) is 6.92 Å². The number of nitrogens with two attached hydrogens (primary N) is 1. The number of piperazine rings is 1. The van der Waals surface area contributed by atoms with Gasteiger partial charge in [0.1, 0.15) is 17.2 Å². The zero-order valence-corrected chi connectivity index (χ0v) is 15.9. The van der Waals surface area contributed by atoms with E-state index in [9.17, 15) is 9.18 Å². The van der Waals surface area contributed by atoms with Gasteiger partial charge in [0.15, 0.2) is 0 Å². The lowest BCUT2D eigenvalue weighted by atomic mass is 10.1. The average Bonchev–Trinajstić information content (AvgIpc) is 3.10. The molecule has 1 saturated heterocycles. The van der Waals surface area contributed by atoms with Crippen molar-refractivity contribution in [2.75, 3.05) is 30.3 Å². The summed E-state index contributed by atoms with van der Waals surface area (Å²) < 4.78 is 14.3. The van der Waals surface area contributed by atoms with Crippen LogP contribution in [0.5, 0.6) is 0 Å². The van der Waals surface area contributed by atoms with Gasteiger partial charge in [-0.3, -0.25) is 4.79 Å². The quantitative estimate of drug-likeness (QED) is 0.420. The summed E-state index contributed by atoms with van der Waals surface area (Å²) >= 11 is 0. The molecule has 1 unspecified atom stereocenters. The molecule has 0 radical (unpaired) electrons. The molecule has 1 atom stereocenters. The van der Waals surface area contributed by atoms with Crippen molar-refractivity contribution in [1.29, 1.82) is 0 Å². The SMILES string of the molecule is CC1CNCCN1c1ccc2nc(-c3c(N)c4c(F)cccc4[nH]c3=O)[nH]c2c1. The monoisotopic (exact) mass is 392 g/mol. The molecular weight excluding hydrogens is 371 g/mol. The van der Waals surface area contributed by atoms with E-state index in [1.54, 1.807) is 6.07 Å². The van der Waals surface area contributed by atoms with Crippen LogP contribution in [0.3, 0.4) is 0 Å². The molecule has 0 spiro atoms. The van der Waals surface area contributed by atoms with E-state index >= 15 is 0 Å². The summed E-state index contributed by atoms with van der Waals surface area (Å²) in [4.78, 5) is 25.4. The first-order valence-electron chi connectivity index (χ1n) is 9.60. The Labute approximate surface area is 165 Å². The highest BCUT2D eigenvalue weighted by atomic mass is 19.1. The molecule has 1 fully saturated rings. The van der Waals surface area contributed by atoms with E-state index in [0.29, 0.717) is 17.4 Å². The lowest BCUT2D eigenvalue weighted by molar-refractivity contribution is 0.501. The van der Waals surface area contributed by atoms with Gasteiger partial charge in [-0.05, 0) is 37.3 Å². The van der Waals surface area contributed by atoms with Gasteiger partial charge in [-0.2, -0.15) is 0 Å². The van der Waals surface area contributed by atoms with Crippen LogP contribution in [-0.2, 0) is 0 Å².